The summed E-state index contributed by atoms with van der Waals surface area (Å²) in [5, 5.41) is 15.2. The highest BCUT2D eigenvalue weighted by Gasteiger charge is 2.07. The number of benzene rings is 3. The molecule has 0 aliphatic carbocycles. The number of carbonyl (C=O) groups is 2. The van der Waals surface area contributed by atoms with Crippen molar-refractivity contribution in [2.24, 2.45) is 0 Å². The Morgan fingerprint density at radius 1 is 0.893 bits per heavy atom. The summed E-state index contributed by atoms with van der Waals surface area (Å²) in [4.78, 5) is 24.5. The minimum absolute atomic E-state index is 0.000864. The van der Waals surface area contributed by atoms with Crippen molar-refractivity contribution in [3.8, 4) is 5.75 Å². The van der Waals surface area contributed by atoms with E-state index in [1.165, 1.54) is 12.1 Å². The third kappa shape index (κ3) is 5.08. The second kappa shape index (κ2) is 8.68. The molecular weight excluding hydrogens is 352 g/mol. The second-order valence-corrected chi connectivity index (χ2v) is 6.29. The number of hydrogen-bond donors (Lipinski definition) is 3. The number of carbonyl (C=O) groups excluding carboxylic acids is 2. The fourth-order valence-corrected chi connectivity index (χ4v) is 2.64. The van der Waals surface area contributed by atoms with E-state index in [4.69, 9.17) is 0 Å². The van der Waals surface area contributed by atoms with Crippen LogP contribution in [0.1, 0.15) is 21.5 Å². The number of phenolic OH excluding ortho intramolecular Hbond substituents is 1. The summed E-state index contributed by atoms with van der Waals surface area (Å²) < 4.78 is 0. The largest absolute Gasteiger partial charge is 0.506 e. The summed E-state index contributed by atoms with van der Waals surface area (Å²) >= 11 is 0. The lowest BCUT2D eigenvalue weighted by Gasteiger charge is -2.07. The monoisotopic (exact) mass is 372 g/mol. The van der Waals surface area contributed by atoms with Crippen LogP contribution in [0.15, 0.2) is 78.9 Å². The minimum Gasteiger partial charge on any atom is -0.506 e. The van der Waals surface area contributed by atoms with Gasteiger partial charge in [-0.05, 0) is 60.5 Å². The first kappa shape index (κ1) is 18.9. The molecule has 3 aromatic rings. The number of para-hydroxylation sites is 2. The normalized spacial score (nSPS) is 10.6. The minimum atomic E-state index is -0.379. The van der Waals surface area contributed by atoms with Gasteiger partial charge in [-0.25, -0.2) is 0 Å². The van der Waals surface area contributed by atoms with Crippen molar-refractivity contribution >= 4 is 29.3 Å². The maximum Gasteiger partial charge on any atom is 0.255 e. The van der Waals surface area contributed by atoms with Gasteiger partial charge in [-0.1, -0.05) is 36.4 Å². The smallest absolute Gasteiger partial charge is 0.255 e. The van der Waals surface area contributed by atoms with E-state index < -0.39 is 0 Å². The average Bonchev–Trinajstić information content (AvgIpc) is 2.68. The first-order chi connectivity index (χ1) is 13.5. The van der Waals surface area contributed by atoms with Crippen LogP contribution in [0, 0.1) is 6.92 Å². The zero-order valence-corrected chi connectivity index (χ0v) is 15.3. The van der Waals surface area contributed by atoms with E-state index in [0.29, 0.717) is 16.8 Å². The molecule has 0 spiro atoms. The molecule has 0 aliphatic heterocycles. The number of hydrogen-bond acceptors (Lipinski definition) is 3. The average molecular weight is 372 g/mol. The maximum absolute atomic E-state index is 12.5. The van der Waals surface area contributed by atoms with Gasteiger partial charge in [0.15, 0.2) is 0 Å². The first-order valence-electron chi connectivity index (χ1n) is 8.76. The van der Waals surface area contributed by atoms with Gasteiger partial charge < -0.3 is 15.7 Å². The van der Waals surface area contributed by atoms with E-state index in [9.17, 15) is 14.7 Å². The number of amides is 2. The molecule has 2 amide bonds. The summed E-state index contributed by atoms with van der Waals surface area (Å²) in [6.45, 7) is 1.96. The summed E-state index contributed by atoms with van der Waals surface area (Å²) in [5.41, 5.74) is 3.33. The Morgan fingerprint density at radius 2 is 1.68 bits per heavy atom. The molecule has 0 fully saturated rings. The predicted octanol–water partition coefficient (Wildman–Crippen LogP) is 4.60. The van der Waals surface area contributed by atoms with Gasteiger partial charge in [0.1, 0.15) is 5.75 Å². The lowest BCUT2D eigenvalue weighted by atomic mass is 10.1. The van der Waals surface area contributed by atoms with E-state index in [1.54, 1.807) is 48.5 Å². The Balaban J connectivity index is 1.67. The molecule has 3 rings (SSSR count). The van der Waals surface area contributed by atoms with Crippen molar-refractivity contribution in [1.29, 1.82) is 0 Å². The molecule has 3 aromatic carbocycles. The van der Waals surface area contributed by atoms with E-state index in [-0.39, 0.29) is 17.6 Å². The van der Waals surface area contributed by atoms with Crippen LogP contribution in [0.3, 0.4) is 0 Å². The van der Waals surface area contributed by atoms with Crippen molar-refractivity contribution in [3.63, 3.8) is 0 Å². The highest BCUT2D eigenvalue weighted by molar-refractivity contribution is 6.05. The molecular formula is C23H20N2O3. The summed E-state index contributed by atoms with van der Waals surface area (Å²) in [5.74, 6) is -0.602. The predicted molar refractivity (Wildman–Crippen MR) is 111 cm³/mol. The third-order valence-electron chi connectivity index (χ3n) is 4.01. The van der Waals surface area contributed by atoms with E-state index in [2.05, 4.69) is 10.6 Å². The number of anilines is 2. The van der Waals surface area contributed by atoms with Gasteiger partial charge in [-0.3, -0.25) is 9.59 Å². The molecule has 0 heterocycles. The van der Waals surface area contributed by atoms with E-state index >= 15 is 0 Å². The Morgan fingerprint density at radius 3 is 2.46 bits per heavy atom. The molecule has 0 saturated heterocycles. The second-order valence-electron chi connectivity index (χ2n) is 6.29. The van der Waals surface area contributed by atoms with Crippen LogP contribution in [-0.2, 0) is 4.79 Å². The van der Waals surface area contributed by atoms with Crippen LogP contribution in [0.25, 0.3) is 6.08 Å². The Bertz CT molecular complexity index is 1040. The molecule has 5 heteroatoms. The molecule has 3 N–H and O–H groups in total. The standard InChI is InChI=1S/C23H20N2O3/c1-16-6-4-9-19(14-16)24-23(28)18-8-5-7-17(15-18)12-13-22(27)25-20-10-2-3-11-21(20)26/h2-15,26H,1H3,(H,24,28)(H,25,27)/b13-12+. The van der Waals surface area contributed by atoms with Crippen molar-refractivity contribution < 1.29 is 14.7 Å². The number of phenols is 1. The Labute approximate surface area is 163 Å². The molecule has 0 bridgehead atoms. The van der Waals surface area contributed by atoms with E-state index in [1.807, 2.05) is 31.2 Å². The molecule has 0 aromatic heterocycles. The Kier molecular flexibility index (Phi) is 5.87. The van der Waals surface area contributed by atoms with Gasteiger partial charge in [0.25, 0.3) is 5.91 Å². The van der Waals surface area contributed by atoms with Crippen molar-refractivity contribution in [2.75, 3.05) is 10.6 Å². The number of aryl methyl sites for hydroxylation is 1. The molecule has 0 unspecified atom stereocenters. The highest BCUT2D eigenvalue weighted by atomic mass is 16.3. The number of rotatable bonds is 5. The highest BCUT2D eigenvalue weighted by Crippen LogP contribution is 2.21. The van der Waals surface area contributed by atoms with Crippen molar-refractivity contribution in [2.45, 2.75) is 6.92 Å². The summed E-state index contributed by atoms with van der Waals surface area (Å²) in [7, 11) is 0. The van der Waals surface area contributed by atoms with Gasteiger partial charge >= 0.3 is 0 Å². The van der Waals surface area contributed by atoms with Gasteiger partial charge in [-0.2, -0.15) is 0 Å². The van der Waals surface area contributed by atoms with Crippen molar-refractivity contribution in [3.05, 3.63) is 95.6 Å². The number of nitrogens with one attached hydrogen (secondary N) is 2. The van der Waals surface area contributed by atoms with Crippen LogP contribution >= 0.6 is 0 Å². The fraction of sp³-hybridized carbons (Fsp3) is 0.0435. The van der Waals surface area contributed by atoms with E-state index in [0.717, 1.165) is 11.3 Å². The quantitative estimate of drug-likeness (QED) is 0.452. The van der Waals surface area contributed by atoms with Gasteiger partial charge in [0.2, 0.25) is 5.91 Å². The van der Waals surface area contributed by atoms with Crippen molar-refractivity contribution in [1.82, 2.24) is 0 Å². The summed E-state index contributed by atoms with van der Waals surface area (Å²) in [6.07, 6.45) is 2.96. The van der Waals surface area contributed by atoms with Crippen LogP contribution in [0.5, 0.6) is 5.75 Å². The third-order valence-corrected chi connectivity index (χ3v) is 4.01. The maximum atomic E-state index is 12.5. The van der Waals surface area contributed by atoms with Crippen LogP contribution < -0.4 is 10.6 Å². The van der Waals surface area contributed by atoms with Gasteiger partial charge in [-0.15, -0.1) is 0 Å². The molecule has 0 radical (unpaired) electrons. The Hall–Kier alpha value is -3.86. The molecule has 0 aliphatic rings. The zero-order chi connectivity index (χ0) is 19.9. The fourth-order valence-electron chi connectivity index (χ4n) is 2.64. The molecule has 28 heavy (non-hydrogen) atoms. The lowest BCUT2D eigenvalue weighted by Crippen LogP contribution is -2.12. The number of aromatic hydroxyl groups is 1. The zero-order valence-electron chi connectivity index (χ0n) is 15.3. The van der Waals surface area contributed by atoms with Crippen LogP contribution in [0.4, 0.5) is 11.4 Å². The molecule has 140 valence electrons. The molecule has 5 nitrogen and oxygen atoms in total. The molecule has 0 saturated carbocycles. The summed E-state index contributed by atoms with van der Waals surface area (Å²) in [6, 6.07) is 21.0. The topological polar surface area (TPSA) is 78.4 Å². The van der Waals surface area contributed by atoms with Gasteiger partial charge in [0.05, 0.1) is 5.69 Å². The van der Waals surface area contributed by atoms with Crippen LogP contribution in [-0.4, -0.2) is 16.9 Å². The lowest BCUT2D eigenvalue weighted by molar-refractivity contribution is -0.111. The molecule has 0 atom stereocenters. The SMILES string of the molecule is Cc1cccc(NC(=O)c2cccc(/C=C/C(=O)Nc3ccccc3O)c2)c1. The van der Waals surface area contributed by atoms with Gasteiger partial charge in [0, 0.05) is 17.3 Å². The van der Waals surface area contributed by atoms with Crippen LogP contribution in [0.2, 0.25) is 0 Å². The first-order valence-corrected chi connectivity index (χ1v) is 8.76.